The maximum Gasteiger partial charge on any atom is 0.131 e. The fraction of sp³-hybridized carbons (Fsp3) is 0.375. The van der Waals surface area contributed by atoms with Crippen molar-refractivity contribution in [2.75, 3.05) is 13.1 Å². The molecule has 2 heteroatoms. The molecule has 94 valence electrons. The average Bonchev–Trinajstić information content (AvgIpc) is 2.44. The molecule has 3 rings (SSSR count). The molecule has 2 aromatic rings. The van der Waals surface area contributed by atoms with Gasteiger partial charge in [-0.25, -0.2) is 4.39 Å². The van der Waals surface area contributed by atoms with E-state index in [1.54, 1.807) is 6.07 Å². The van der Waals surface area contributed by atoms with Crippen LogP contribution in [-0.4, -0.2) is 18.0 Å². The molecule has 0 atom stereocenters. The van der Waals surface area contributed by atoms with Gasteiger partial charge < -0.3 is 0 Å². The van der Waals surface area contributed by atoms with E-state index >= 15 is 0 Å². The number of hydrogen-bond donors (Lipinski definition) is 0. The third-order valence-corrected chi connectivity index (χ3v) is 3.80. The third kappa shape index (κ3) is 2.25. The van der Waals surface area contributed by atoms with Gasteiger partial charge in [0.15, 0.2) is 0 Å². The van der Waals surface area contributed by atoms with Gasteiger partial charge in [0.2, 0.25) is 0 Å². The summed E-state index contributed by atoms with van der Waals surface area (Å²) < 4.78 is 13.7. The first-order valence-corrected chi connectivity index (χ1v) is 6.73. The molecule has 0 N–H and O–H groups in total. The molecule has 1 saturated heterocycles. The number of piperidine rings is 1. The molecule has 1 nitrogen and oxygen atoms in total. The molecule has 1 heterocycles. The van der Waals surface area contributed by atoms with Crippen LogP contribution in [0.1, 0.15) is 24.8 Å². The van der Waals surface area contributed by atoms with Gasteiger partial charge in [-0.1, -0.05) is 36.8 Å². The minimum atomic E-state index is -0.118. The van der Waals surface area contributed by atoms with Crippen molar-refractivity contribution in [3.63, 3.8) is 0 Å². The molecule has 1 fully saturated rings. The van der Waals surface area contributed by atoms with Crippen LogP contribution in [0.2, 0.25) is 0 Å². The smallest absolute Gasteiger partial charge is 0.131 e. The quantitative estimate of drug-likeness (QED) is 0.771. The van der Waals surface area contributed by atoms with E-state index in [0.717, 1.165) is 17.3 Å². The first kappa shape index (κ1) is 11.7. The van der Waals surface area contributed by atoms with Crippen molar-refractivity contribution in [2.24, 2.45) is 0 Å². The van der Waals surface area contributed by atoms with Gasteiger partial charge in [-0.05, 0) is 42.9 Å². The topological polar surface area (TPSA) is 3.24 Å². The Bertz CT molecular complexity index is 544. The van der Waals surface area contributed by atoms with E-state index in [1.165, 1.54) is 37.9 Å². The van der Waals surface area contributed by atoms with E-state index < -0.39 is 0 Å². The first-order chi connectivity index (χ1) is 8.84. The molecule has 0 aromatic heterocycles. The lowest BCUT2D eigenvalue weighted by atomic mass is 10.0. The minimum absolute atomic E-state index is 0.118. The molecule has 18 heavy (non-hydrogen) atoms. The Kier molecular flexibility index (Phi) is 3.28. The van der Waals surface area contributed by atoms with Gasteiger partial charge in [0, 0.05) is 11.9 Å². The van der Waals surface area contributed by atoms with E-state index in [1.807, 2.05) is 30.3 Å². The highest BCUT2D eigenvalue weighted by Gasteiger charge is 2.12. The lowest BCUT2D eigenvalue weighted by molar-refractivity contribution is 0.221. The van der Waals surface area contributed by atoms with Gasteiger partial charge in [-0.3, -0.25) is 4.90 Å². The largest absolute Gasteiger partial charge is 0.299 e. The summed E-state index contributed by atoms with van der Waals surface area (Å²) in [5.74, 6) is -0.118. The van der Waals surface area contributed by atoms with Crippen LogP contribution in [0, 0.1) is 5.82 Å². The summed E-state index contributed by atoms with van der Waals surface area (Å²) in [5.41, 5.74) is 1.24. The van der Waals surface area contributed by atoms with E-state index in [0.29, 0.717) is 0 Å². The molecule has 2 aromatic carbocycles. The molecular formula is C16H18FN. The Balaban J connectivity index is 1.94. The first-order valence-electron chi connectivity index (χ1n) is 6.73. The second-order valence-corrected chi connectivity index (χ2v) is 5.09. The van der Waals surface area contributed by atoms with Crippen molar-refractivity contribution in [2.45, 2.75) is 25.8 Å². The van der Waals surface area contributed by atoms with Crippen LogP contribution in [0.5, 0.6) is 0 Å². The van der Waals surface area contributed by atoms with Crippen molar-refractivity contribution in [3.8, 4) is 0 Å². The van der Waals surface area contributed by atoms with Gasteiger partial charge in [0.1, 0.15) is 5.82 Å². The lowest BCUT2D eigenvalue weighted by Crippen LogP contribution is -2.29. The Morgan fingerprint density at radius 1 is 0.889 bits per heavy atom. The number of hydrogen-bond acceptors (Lipinski definition) is 1. The summed E-state index contributed by atoms with van der Waals surface area (Å²) in [6.45, 7) is 3.29. The molecule has 0 unspecified atom stereocenters. The maximum atomic E-state index is 13.7. The number of benzene rings is 2. The Labute approximate surface area is 107 Å². The van der Waals surface area contributed by atoms with Crippen LogP contribution in [0.3, 0.4) is 0 Å². The molecule has 0 aliphatic carbocycles. The molecule has 0 radical (unpaired) electrons. The van der Waals surface area contributed by atoms with Gasteiger partial charge in [-0.2, -0.15) is 0 Å². The maximum absolute atomic E-state index is 13.7. The second-order valence-electron chi connectivity index (χ2n) is 5.09. The highest BCUT2D eigenvalue weighted by molar-refractivity contribution is 5.86. The summed E-state index contributed by atoms with van der Waals surface area (Å²) in [7, 11) is 0. The van der Waals surface area contributed by atoms with E-state index in [-0.39, 0.29) is 5.82 Å². The fourth-order valence-corrected chi connectivity index (χ4v) is 2.82. The molecule has 0 saturated carbocycles. The summed E-state index contributed by atoms with van der Waals surface area (Å²) in [4.78, 5) is 2.48. The summed E-state index contributed by atoms with van der Waals surface area (Å²) in [5, 5.41) is 1.80. The third-order valence-electron chi connectivity index (χ3n) is 3.80. The normalized spacial score (nSPS) is 17.2. The van der Waals surface area contributed by atoms with Crippen molar-refractivity contribution < 1.29 is 4.39 Å². The molecule has 0 spiro atoms. The van der Waals surface area contributed by atoms with E-state index in [9.17, 15) is 4.39 Å². The molecule has 1 aliphatic heterocycles. The molecular weight excluding hydrogens is 225 g/mol. The molecule has 0 amide bonds. The Morgan fingerprint density at radius 3 is 2.39 bits per heavy atom. The monoisotopic (exact) mass is 243 g/mol. The zero-order valence-electron chi connectivity index (χ0n) is 10.5. The molecule has 0 bridgehead atoms. The highest BCUT2D eigenvalue weighted by atomic mass is 19.1. The van der Waals surface area contributed by atoms with E-state index in [4.69, 9.17) is 0 Å². The van der Waals surface area contributed by atoms with Crippen LogP contribution in [0.15, 0.2) is 36.4 Å². The van der Waals surface area contributed by atoms with Gasteiger partial charge in [-0.15, -0.1) is 0 Å². The number of rotatable bonds is 2. The highest BCUT2D eigenvalue weighted by Crippen LogP contribution is 2.24. The Morgan fingerprint density at radius 2 is 1.61 bits per heavy atom. The minimum Gasteiger partial charge on any atom is -0.299 e. The SMILES string of the molecule is Fc1ccc(CN2CCCCC2)c2ccccc12. The zero-order chi connectivity index (χ0) is 12.4. The van der Waals surface area contributed by atoms with E-state index in [2.05, 4.69) is 4.90 Å². The van der Waals surface area contributed by atoms with Gasteiger partial charge in [0.05, 0.1) is 0 Å². The fourth-order valence-electron chi connectivity index (χ4n) is 2.82. The van der Waals surface area contributed by atoms with Gasteiger partial charge in [0.25, 0.3) is 0 Å². The number of halogens is 1. The van der Waals surface area contributed by atoms with Crippen LogP contribution in [0.25, 0.3) is 10.8 Å². The predicted molar refractivity (Wildman–Crippen MR) is 73.0 cm³/mol. The van der Waals surface area contributed by atoms with Crippen molar-refractivity contribution in [1.82, 2.24) is 4.90 Å². The number of nitrogens with zero attached hydrogens (tertiary/aromatic N) is 1. The predicted octanol–water partition coefficient (Wildman–Crippen LogP) is 3.96. The second kappa shape index (κ2) is 5.07. The van der Waals surface area contributed by atoms with Crippen LogP contribution < -0.4 is 0 Å². The molecule has 1 aliphatic rings. The van der Waals surface area contributed by atoms with Crippen LogP contribution in [0.4, 0.5) is 4.39 Å². The lowest BCUT2D eigenvalue weighted by Gasteiger charge is -2.26. The standard InChI is InChI=1S/C16H18FN/c17-16-9-8-13(12-18-10-4-1-5-11-18)14-6-2-3-7-15(14)16/h2-3,6-9H,1,4-5,10-12H2. The van der Waals surface area contributed by atoms with Crippen molar-refractivity contribution >= 4 is 10.8 Å². The van der Waals surface area contributed by atoms with Crippen molar-refractivity contribution in [3.05, 3.63) is 47.8 Å². The van der Waals surface area contributed by atoms with Crippen LogP contribution in [-0.2, 0) is 6.54 Å². The zero-order valence-corrected chi connectivity index (χ0v) is 10.5. The summed E-state index contributed by atoms with van der Waals surface area (Å²) >= 11 is 0. The Hall–Kier alpha value is -1.41. The van der Waals surface area contributed by atoms with Gasteiger partial charge >= 0.3 is 0 Å². The van der Waals surface area contributed by atoms with Crippen molar-refractivity contribution in [1.29, 1.82) is 0 Å². The number of likely N-dealkylation sites (tertiary alicyclic amines) is 1. The van der Waals surface area contributed by atoms with Crippen LogP contribution >= 0.6 is 0 Å². The summed E-state index contributed by atoms with van der Waals surface area (Å²) in [6, 6.07) is 11.3. The number of fused-ring (bicyclic) bond motifs is 1. The average molecular weight is 243 g/mol. The summed E-state index contributed by atoms with van der Waals surface area (Å²) in [6.07, 6.45) is 3.93.